The first-order valence-corrected chi connectivity index (χ1v) is 4.52. The van der Waals surface area contributed by atoms with E-state index in [1.54, 1.807) is 0 Å². The van der Waals surface area contributed by atoms with Crippen LogP contribution in [0.5, 0.6) is 0 Å². The molecule has 0 aromatic carbocycles. The Kier molecular flexibility index (Phi) is 1.69. The Morgan fingerprint density at radius 2 is 2.36 bits per heavy atom. The molecule has 2 aliphatic heterocycles. The molecule has 2 nitrogen and oxygen atoms in total. The highest BCUT2D eigenvalue weighted by Crippen LogP contribution is 2.38. The molecule has 0 spiro atoms. The number of fused-ring (bicyclic) bond motifs is 1. The molecular formula is C9H17NO. The largest absolute Gasteiger partial charge is 0.380 e. The summed E-state index contributed by atoms with van der Waals surface area (Å²) < 4.78 is 5.37. The normalized spacial score (nSPS) is 44.7. The van der Waals surface area contributed by atoms with Gasteiger partial charge in [0.1, 0.15) is 0 Å². The fourth-order valence-electron chi connectivity index (χ4n) is 2.58. The van der Waals surface area contributed by atoms with Crippen LogP contribution in [0.2, 0.25) is 0 Å². The van der Waals surface area contributed by atoms with Crippen LogP contribution in [0.4, 0.5) is 0 Å². The molecule has 11 heavy (non-hydrogen) atoms. The van der Waals surface area contributed by atoms with Gasteiger partial charge in [0.25, 0.3) is 0 Å². The highest BCUT2D eigenvalue weighted by atomic mass is 16.5. The fourth-order valence-corrected chi connectivity index (χ4v) is 2.58. The maximum absolute atomic E-state index is 5.37. The molecule has 0 N–H and O–H groups in total. The van der Waals surface area contributed by atoms with Crippen molar-refractivity contribution in [3.8, 4) is 0 Å². The van der Waals surface area contributed by atoms with E-state index in [2.05, 4.69) is 11.8 Å². The molecule has 0 aliphatic carbocycles. The number of ether oxygens (including phenoxy) is 1. The maximum Gasteiger partial charge on any atom is 0.0715 e. The Morgan fingerprint density at radius 3 is 3.00 bits per heavy atom. The summed E-state index contributed by atoms with van der Waals surface area (Å²) in [6.07, 6.45) is 4.49. The quantitative estimate of drug-likeness (QED) is 0.565. The summed E-state index contributed by atoms with van der Waals surface area (Å²) in [6, 6.07) is 0. The molecule has 0 aromatic rings. The van der Waals surface area contributed by atoms with E-state index in [-0.39, 0.29) is 0 Å². The summed E-state index contributed by atoms with van der Waals surface area (Å²) in [4.78, 5) is 2.58. The number of methoxy groups -OCH3 is 1. The van der Waals surface area contributed by atoms with Gasteiger partial charge in [0.15, 0.2) is 0 Å². The van der Waals surface area contributed by atoms with Crippen LogP contribution in [0.15, 0.2) is 0 Å². The lowest BCUT2D eigenvalue weighted by molar-refractivity contribution is 0.107. The van der Waals surface area contributed by atoms with Crippen LogP contribution >= 0.6 is 0 Å². The number of hydrogen-bond donors (Lipinski definition) is 0. The fraction of sp³-hybridized carbons (Fsp3) is 1.00. The van der Waals surface area contributed by atoms with Crippen molar-refractivity contribution >= 4 is 0 Å². The minimum Gasteiger partial charge on any atom is -0.380 e. The van der Waals surface area contributed by atoms with Crippen molar-refractivity contribution in [2.45, 2.75) is 37.8 Å². The zero-order chi connectivity index (χ0) is 7.90. The minimum atomic E-state index is 0.487. The first-order chi connectivity index (χ1) is 5.24. The number of hydrogen-bond acceptors (Lipinski definition) is 2. The molecular weight excluding hydrogens is 138 g/mol. The molecule has 0 aromatic heterocycles. The summed E-state index contributed by atoms with van der Waals surface area (Å²) in [7, 11) is 1.83. The molecule has 1 unspecified atom stereocenters. The van der Waals surface area contributed by atoms with Crippen molar-refractivity contribution < 1.29 is 4.74 Å². The van der Waals surface area contributed by atoms with Gasteiger partial charge >= 0.3 is 0 Å². The standard InChI is InChI=1S/C9H17NO/c1-9-4-3-5-10(9)7-8(6-9)11-2/h8H,3-7H2,1-2H3/t8?,9-/m1/s1. The monoisotopic (exact) mass is 155 g/mol. The second-order valence-corrected chi connectivity index (χ2v) is 4.11. The zero-order valence-electron chi connectivity index (χ0n) is 7.47. The van der Waals surface area contributed by atoms with E-state index in [4.69, 9.17) is 4.74 Å². The Labute approximate surface area is 68.5 Å². The van der Waals surface area contributed by atoms with Gasteiger partial charge < -0.3 is 4.74 Å². The van der Waals surface area contributed by atoms with Gasteiger partial charge in [0.05, 0.1) is 6.10 Å². The molecule has 0 saturated carbocycles. The molecule has 0 amide bonds. The highest BCUT2D eigenvalue weighted by Gasteiger charge is 2.44. The van der Waals surface area contributed by atoms with Crippen molar-refractivity contribution in [2.75, 3.05) is 20.2 Å². The summed E-state index contributed by atoms with van der Waals surface area (Å²) >= 11 is 0. The molecule has 2 fully saturated rings. The zero-order valence-corrected chi connectivity index (χ0v) is 7.47. The first-order valence-electron chi connectivity index (χ1n) is 4.52. The highest BCUT2D eigenvalue weighted by molar-refractivity contribution is 5.00. The van der Waals surface area contributed by atoms with Crippen molar-refractivity contribution in [1.82, 2.24) is 4.90 Å². The third kappa shape index (κ3) is 1.09. The van der Waals surface area contributed by atoms with Crippen LogP contribution in [-0.4, -0.2) is 36.7 Å². The van der Waals surface area contributed by atoms with E-state index in [1.807, 2.05) is 7.11 Å². The minimum absolute atomic E-state index is 0.487. The smallest absolute Gasteiger partial charge is 0.0715 e. The molecule has 2 heteroatoms. The van der Waals surface area contributed by atoms with E-state index < -0.39 is 0 Å². The molecule has 2 heterocycles. The van der Waals surface area contributed by atoms with E-state index in [9.17, 15) is 0 Å². The van der Waals surface area contributed by atoms with Crippen LogP contribution < -0.4 is 0 Å². The number of nitrogens with zero attached hydrogens (tertiary/aromatic N) is 1. The Morgan fingerprint density at radius 1 is 1.55 bits per heavy atom. The van der Waals surface area contributed by atoms with Gasteiger partial charge in [-0.3, -0.25) is 4.90 Å². The number of rotatable bonds is 1. The van der Waals surface area contributed by atoms with Crippen molar-refractivity contribution in [3.63, 3.8) is 0 Å². The summed E-state index contributed by atoms with van der Waals surface area (Å²) in [5, 5.41) is 0. The van der Waals surface area contributed by atoms with Crippen molar-refractivity contribution in [3.05, 3.63) is 0 Å². The average Bonchev–Trinajstić information content (AvgIpc) is 2.42. The average molecular weight is 155 g/mol. The van der Waals surface area contributed by atoms with Gasteiger partial charge in [0.2, 0.25) is 0 Å². The van der Waals surface area contributed by atoms with Gasteiger partial charge in [0, 0.05) is 19.2 Å². The van der Waals surface area contributed by atoms with Crippen LogP contribution in [-0.2, 0) is 4.74 Å². The predicted octanol–water partition coefficient (Wildman–Crippen LogP) is 1.26. The summed E-state index contributed by atoms with van der Waals surface area (Å²) in [6.45, 7) is 4.82. The lowest BCUT2D eigenvalue weighted by atomic mass is 9.96. The topological polar surface area (TPSA) is 12.5 Å². The Bertz CT molecular complexity index is 160. The van der Waals surface area contributed by atoms with Crippen molar-refractivity contribution in [2.24, 2.45) is 0 Å². The van der Waals surface area contributed by atoms with Crippen LogP contribution in [0.3, 0.4) is 0 Å². The van der Waals surface area contributed by atoms with E-state index in [0.717, 1.165) is 6.54 Å². The van der Waals surface area contributed by atoms with Gasteiger partial charge in [-0.1, -0.05) is 0 Å². The molecule has 2 rings (SSSR count). The van der Waals surface area contributed by atoms with Gasteiger partial charge in [-0.25, -0.2) is 0 Å². The van der Waals surface area contributed by atoms with Gasteiger partial charge in [-0.15, -0.1) is 0 Å². The van der Waals surface area contributed by atoms with Crippen LogP contribution in [0.25, 0.3) is 0 Å². The third-order valence-corrected chi connectivity index (χ3v) is 3.33. The predicted molar refractivity (Wildman–Crippen MR) is 44.6 cm³/mol. The Hall–Kier alpha value is -0.0800. The van der Waals surface area contributed by atoms with Crippen LogP contribution in [0.1, 0.15) is 26.2 Å². The molecule has 2 saturated heterocycles. The van der Waals surface area contributed by atoms with Gasteiger partial charge in [-0.2, -0.15) is 0 Å². The molecule has 2 aliphatic rings. The maximum atomic E-state index is 5.37. The Balaban J connectivity index is 2.06. The molecule has 0 bridgehead atoms. The van der Waals surface area contributed by atoms with E-state index >= 15 is 0 Å². The second kappa shape index (κ2) is 2.46. The van der Waals surface area contributed by atoms with Gasteiger partial charge in [-0.05, 0) is 32.7 Å². The molecule has 64 valence electrons. The first kappa shape index (κ1) is 7.56. The van der Waals surface area contributed by atoms with Crippen molar-refractivity contribution in [1.29, 1.82) is 0 Å². The van der Waals surface area contributed by atoms with Crippen LogP contribution in [0, 0.1) is 0 Å². The summed E-state index contributed by atoms with van der Waals surface area (Å²) in [5.74, 6) is 0. The summed E-state index contributed by atoms with van der Waals surface area (Å²) in [5.41, 5.74) is 0.487. The SMILES string of the molecule is COC1CN2CCC[C@]2(C)C1. The third-order valence-electron chi connectivity index (χ3n) is 3.33. The van der Waals surface area contributed by atoms with E-state index in [0.29, 0.717) is 11.6 Å². The lowest BCUT2D eigenvalue weighted by Crippen LogP contribution is -2.34. The molecule has 0 radical (unpaired) electrons. The van der Waals surface area contributed by atoms with E-state index in [1.165, 1.54) is 25.8 Å². The second-order valence-electron chi connectivity index (χ2n) is 4.11. The molecule has 2 atom stereocenters. The lowest BCUT2D eigenvalue weighted by Gasteiger charge is -2.26.